The Morgan fingerprint density at radius 1 is 1.29 bits per heavy atom. The maximum Gasteiger partial charge on any atom is 0.155 e. The van der Waals surface area contributed by atoms with Gasteiger partial charge >= 0.3 is 0 Å². The van der Waals surface area contributed by atoms with E-state index < -0.39 is 0 Å². The lowest BCUT2D eigenvalue weighted by atomic mass is 9.94. The van der Waals surface area contributed by atoms with Crippen molar-refractivity contribution in [3.05, 3.63) is 30.2 Å². The lowest BCUT2D eigenvalue weighted by Crippen LogP contribution is -2.31. The smallest absolute Gasteiger partial charge is 0.155 e. The molecular formula is C13H18N4. The number of rotatable bonds is 2. The summed E-state index contributed by atoms with van der Waals surface area (Å²) in [6.07, 6.45) is 5.52. The summed E-state index contributed by atoms with van der Waals surface area (Å²) in [5.41, 5.74) is 0.954. The molecule has 4 nitrogen and oxygen atoms in total. The minimum atomic E-state index is 0.753. The second-order valence-electron chi connectivity index (χ2n) is 4.98. The van der Waals surface area contributed by atoms with Gasteiger partial charge in [-0.3, -0.25) is 0 Å². The molecule has 0 saturated carbocycles. The zero-order valence-corrected chi connectivity index (χ0v) is 10.2. The first-order valence-corrected chi connectivity index (χ1v) is 6.30. The van der Waals surface area contributed by atoms with Crippen LogP contribution in [0.4, 0.5) is 0 Å². The molecule has 2 aromatic rings. The maximum atomic E-state index is 4.56. The minimum Gasteiger partial charge on any atom is -0.306 e. The highest BCUT2D eigenvalue weighted by atomic mass is 15.3. The van der Waals surface area contributed by atoms with E-state index >= 15 is 0 Å². The van der Waals surface area contributed by atoms with Crippen LogP contribution in [0.2, 0.25) is 0 Å². The van der Waals surface area contributed by atoms with Crippen molar-refractivity contribution in [2.45, 2.75) is 19.3 Å². The van der Waals surface area contributed by atoms with Crippen LogP contribution in [0.1, 0.15) is 18.7 Å². The number of aromatic nitrogens is 3. The van der Waals surface area contributed by atoms with E-state index in [9.17, 15) is 0 Å². The molecule has 0 unspecified atom stereocenters. The molecule has 90 valence electrons. The van der Waals surface area contributed by atoms with E-state index in [1.54, 1.807) is 0 Å². The van der Waals surface area contributed by atoms with E-state index in [1.807, 2.05) is 28.9 Å². The fourth-order valence-electron chi connectivity index (χ4n) is 2.49. The van der Waals surface area contributed by atoms with E-state index in [0.29, 0.717) is 0 Å². The van der Waals surface area contributed by atoms with Crippen molar-refractivity contribution in [3.8, 4) is 0 Å². The largest absolute Gasteiger partial charge is 0.306 e. The zero-order valence-electron chi connectivity index (χ0n) is 10.2. The molecule has 0 radical (unpaired) electrons. The standard InChI is InChI=1S/C13H18N4/c1-16-8-5-11(6-9-16)10-12-14-13-4-2-3-7-17(13)15-12/h2-4,7,11H,5-6,8-10H2,1H3. The quantitative estimate of drug-likeness (QED) is 0.786. The van der Waals surface area contributed by atoms with E-state index in [4.69, 9.17) is 0 Å². The van der Waals surface area contributed by atoms with Gasteiger partial charge in [-0.1, -0.05) is 6.07 Å². The molecule has 0 amide bonds. The molecule has 17 heavy (non-hydrogen) atoms. The van der Waals surface area contributed by atoms with Crippen molar-refractivity contribution in [1.82, 2.24) is 19.5 Å². The Bertz CT molecular complexity index is 464. The summed E-state index contributed by atoms with van der Waals surface area (Å²) in [4.78, 5) is 6.96. The molecule has 0 spiro atoms. The fraction of sp³-hybridized carbons (Fsp3) is 0.538. The van der Waals surface area contributed by atoms with Gasteiger partial charge in [0, 0.05) is 12.6 Å². The van der Waals surface area contributed by atoms with Crippen molar-refractivity contribution < 1.29 is 0 Å². The van der Waals surface area contributed by atoms with Gasteiger partial charge in [0.15, 0.2) is 11.5 Å². The van der Waals surface area contributed by atoms with Crippen molar-refractivity contribution in [3.63, 3.8) is 0 Å². The van der Waals surface area contributed by atoms with Crippen molar-refractivity contribution in [1.29, 1.82) is 0 Å². The Hall–Kier alpha value is -1.42. The van der Waals surface area contributed by atoms with Crippen LogP contribution < -0.4 is 0 Å². The third-order valence-corrected chi connectivity index (χ3v) is 3.59. The monoisotopic (exact) mass is 230 g/mol. The SMILES string of the molecule is CN1CCC(Cc2nc3ccccn3n2)CC1. The van der Waals surface area contributed by atoms with E-state index in [0.717, 1.165) is 23.8 Å². The number of pyridine rings is 1. The van der Waals surface area contributed by atoms with Crippen LogP contribution in [0.25, 0.3) is 5.65 Å². The topological polar surface area (TPSA) is 33.4 Å². The first kappa shape index (κ1) is 10.7. The Morgan fingerprint density at radius 2 is 2.12 bits per heavy atom. The van der Waals surface area contributed by atoms with Crippen molar-refractivity contribution >= 4 is 5.65 Å². The van der Waals surface area contributed by atoms with Gasteiger partial charge in [-0.15, -0.1) is 0 Å². The first-order valence-electron chi connectivity index (χ1n) is 6.30. The lowest BCUT2D eigenvalue weighted by Gasteiger charge is -2.28. The fourth-order valence-corrected chi connectivity index (χ4v) is 2.49. The van der Waals surface area contributed by atoms with Gasteiger partial charge < -0.3 is 4.90 Å². The van der Waals surface area contributed by atoms with Gasteiger partial charge in [0.2, 0.25) is 0 Å². The maximum absolute atomic E-state index is 4.56. The molecular weight excluding hydrogens is 212 g/mol. The molecule has 4 heteroatoms. The molecule has 3 rings (SSSR count). The third kappa shape index (κ3) is 2.31. The van der Waals surface area contributed by atoms with Crippen LogP contribution in [0.5, 0.6) is 0 Å². The van der Waals surface area contributed by atoms with Gasteiger partial charge in [0.25, 0.3) is 0 Å². The van der Waals surface area contributed by atoms with Crippen LogP contribution in [0.3, 0.4) is 0 Å². The van der Waals surface area contributed by atoms with E-state index in [-0.39, 0.29) is 0 Å². The van der Waals surface area contributed by atoms with Gasteiger partial charge in [-0.05, 0) is 51.0 Å². The summed E-state index contributed by atoms with van der Waals surface area (Å²) in [7, 11) is 2.19. The van der Waals surface area contributed by atoms with Crippen LogP contribution in [-0.4, -0.2) is 39.6 Å². The van der Waals surface area contributed by atoms with Crippen LogP contribution in [0.15, 0.2) is 24.4 Å². The van der Waals surface area contributed by atoms with Gasteiger partial charge in [-0.25, -0.2) is 9.50 Å². The number of hydrogen-bond donors (Lipinski definition) is 0. The van der Waals surface area contributed by atoms with Gasteiger partial charge in [0.05, 0.1) is 0 Å². The van der Waals surface area contributed by atoms with E-state index in [2.05, 4.69) is 22.0 Å². The molecule has 2 aromatic heterocycles. The van der Waals surface area contributed by atoms with E-state index in [1.165, 1.54) is 25.9 Å². The van der Waals surface area contributed by atoms with Crippen LogP contribution in [-0.2, 0) is 6.42 Å². The second-order valence-corrected chi connectivity index (χ2v) is 4.98. The average molecular weight is 230 g/mol. The first-order chi connectivity index (χ1) is 8.31. The molecule has 1 aliphatic heterocycles. The predicted molar refractivity (Wildman–Crippen MR) is 66.9 cm³/mol. The molecule has 1 aliphatic rings. The summed E-state index contributed by atoms with van der Waals surface area (Å²) >= 11 is 0. The highest BCUT2D eigenvalue weighted by Crippen LogP contribution is 2.19. The summed E-state index contributed by atoms with van der Waals surface area (Å²) in [5, 5.41) is 4.52. The van der Waals surface area contributed by atoms with Gasteiger partial charge in [0.1, 0.15) is 0 Å². The Kier molecular flexibility index (Phi) is 2.81. The predicted octanol–water partition coefficient (Wildman–Crippen LogP) is 1.61. The number of nitrogens with zero attached hydrogens (tertiary/aromatic N) is 4. The number of fused-ring (bicyclic) bond motifs is 1. The average Bonchev–Trinajstić information content (AvgIpc) is 2.74. The Morgan fingerprint density at radius 3 is 2.88 bits per heavy atom. The summed E-state index contributed by atoms with van der Waals surface area (Å²) in [6, 6.07) is 6.00. The zero-order chi connectivity index (χ0) is 11.7. The van der Waals surface area contributed by atoms with Crippen molar-refractivity contribution in [2.75, 3.05) is 20.1 Å². The summed E-state index contributed by atoms with van der Waals surface area (Å²) in [5.74, 6) is 1.74. The minimum absolute atomic E-state index is 0.753. The van der Waals surface area contributed by atoms with Crippen LogP contribution in [0, 0.1) is 5.92 Å². The molecule has 0 atom stereocenters. The Labute approximate surface area is 101 Å². The van der Waals surface area contributed by atoms with Crippen LogP contribution >= 0.6 is 0 Å². The second kappa shape index (κ2) is 4.45. The third-order valence-electron chi connectivity index (χ3n) is 3.59. The summed E-state index contributed by atoms with van der Waals surface area (Å²) < 4.78 is 1.87. The molecule has 0 bridgehead atoms. The molecule has 1 fully saturated rings. The number of likely N-dealkylation sites (tertiary alicyclic amines) is 1. The lowest BCUT2D eigenvalue weighted by molar-refractivity contribution is 0.217. The highest BCUT2D eigenvalue weighted by molar-refractivity contribution is 5.36. The Balaban J connectivity index is 1.72. The number of hydrogen-bond acceptors (Lipinski definition) is 3. The van der Waals surface area contributed by atoms with Gasteiger partial charge in [-0.2, -0.15) is 5.10 Å². The molecule has 0 aliphatic carbocycles. The molecule has 3 heterocycles. The summed E-state index contributed by atoms with van der Waals surface area (Å²) in [6.45, 7) is 2.41. The molecule has 1 saturated heterocycles. The molecule has 0 N–H and O–H groups in total. The highest BCUT2D eigenvalue weighted by Gasteiger charge is 2.18. The normalized spacial score (nSPS) is 18.9. The molecule has 0 aromatic carbocycles. The number of piperidine rings is 1. The van der Waals surface area contributed by atoms with Crippen molar-refractivity contribution in [2.24, 2.45) is 5.92 Å².